The van der Waals surface area contributed by atoms with Gasteiger partial charge in [-0.05, 0) is 36.6 Å². The number of nitrogens with one attached hydrogen (secondary N) is 2. The fourth-order valence-corrected chi connectivity index (χ4v) is 3.56. The van der Waals surface area contributed by atoms with Gasteiger partial charge in [0.1, 0.15) is 11.1 Å². The van der Waals surface area contributed by atoms with Gasteiger partial charge in [-0.25, -0.2) is 4.98 Å². The molecule has 2 N–H and O–H groups in total. The molecule has 0 aliphatic carbocycles. The lowest BCUT2D eigenvalue weighted by atomic mass is 10.2. The minimum Gasteiger partial charge on any atom is -0.324 e. The molecule has 3 aromatic heterocycles. The van der Waals surface area contributed by atoms with E-state index in [1.807, 2.05) is 71.6 Å². The molecule has 0 amide bonds. The maximum atomic E-state index is 8.59. The molecule has 6 heteroatoms. The molecule has 0 radical (unpaired) electrons. The van der Waals surface area contributed by atoms with Gasteiger partial charge in [-0.2, -0.15) is 4.98 Å². The maximum absolute atomic E-state index is 8.59. The highest BCUT2D eigenvalue weighted by atomic mass is 32.1. The van der Waals surface area contributed by atoms with E-state index < -0.39 is 0 Å². The summed E-state index contributed by atoms with van der Waals surface area (Å²) in [5, 5.41) is 14.8. The summed E-state index contributed by atoms with van der Waals surface area (Å²) in [4.78, 5) is 10.2. The molecule has 0 atom stereocenters. The number of aryl methyl sites for hydroxylation is 1. The molecule has 1 aromatic carbocycles. The molecule has 0 aliphatic rings. The van der Waals surface area contributed by atoms with Crippen molar-refractivity contribution in [1.29, 1.82) is 5.41 Å². The lowest BCUT2D eigenvalue weighted by Gasteiger charge is -2.13. The second-order valence-electron chi connectivity index (χ2n) is 5.59. The summed E-state index contributed by atoms with van der Waals surface area (Å²) in [6, 6.07) is 15.9. The van der Waals surface area contributed by atoms with E-state index in [4.69, 9.17) is 5.41 Å². The SMILES string of the molecule is CCn1c(=N)c(-c2cccs2)cc2cnc(Nc3ccccc3)nc21. The van der Waals surface area contributed by atoms with Crippen LogP contribution in [-0.2, 0) is 6.54 Å². The van der Waals surface area contributed by atoms with Crippen LogP contribution in [-0.4, -0.2) is 14.5 Å². The topological polar surface area (TPSA) is 66.6 Å². The zero-order valence-corrected chi connectivity index (χ0v) is 14.5. The molecule has 0 fully saturated rings. The first-order valence-electron chi connectivity index (χ1n) is 8.07. The van der Waals surface area contributed by atoms with Gasteiger partial charge in [-0.15, -0.1) is 11.3 Å². The summed E-state index contributed by atoms with van der Waals surface area (Å²) in [5.74, 6) is 0.532. The molecule has 124 valence electrons. The maximum Gasteiger partial charge on any atom is 0.229 e. The average Bonchev–Trinajstić information content (AvgIpc) is 3.17. The van der Waals surface area contributed by atoms with Gasteiger partial charge in [0.05, 0.1) is 0 Å². The summed E-state index contributed by atoms with van der Waals surface area (Å²) in [7, 11) is 0. The Labute approximate surface area is 149 Å². The molecule has 3 heterocycles. The van der Waals surface area contributed by atoms with Crippen LogP contribution < -0.4 is 10.8 Å². The molecular weight excluding hydrogens is 330 g/mol. The number of nitrogens with zero attached hydrogens (tertiary/aromatic N) is 3. The third-order valence-electron chi connectivity index (χ3n) is 4.01. The van der Waals surface area contributed by atoms with Gasteiger partial charge >= 0.3 is 0 Å². The van der Waals surface area contributed by atoms with Crippen molar-refractivity contribution in [3.63, 3.8) is 0 Å². The number of aromatic nitrogens is 3. The highest BCUT2D eigenvalue weighted by molar-refractivity contribution is 7.13. The van der Waals surface area contributed by atoms with E-state index >= 15 is 0 Å². The Bertz CT molecular complexity index is 1070. The number of rotatable bonds is 4. The Hall–Kier alpha value is -2.99. The van der Waals surface area contributed by atoms with Gasteiger partial charge in [0.25, 0.3) is 0 Å². The van der Waals surface area contributed by atoms with Crippen LogP contribution in [0.15, 0.2) is 60.1 Å². The molecule has 0 saturated heterocycles. The predicted molar refractivity (Wildman–Crippen MR) is 102 cm³/mol. The lowest BCUT2D eigenvalue weighted by molar-refractivity contribution is 0.726. The van der Waals surface area contributed by atoms with E-state index in [9.17, 15) is 0 Å². The number of fused-ring (bicyclic) bond motifs is 1. The van der Waals surface area contributed by atoms with Gasteiger partial charge in [0, 0.05) is 34.3 Å². The van der Waals surface area contributed by atoms with Crippen molar-refractivity contribution in [3.05, 3.63) is 65.6 Å². The van der Waals surface area contributed by atoms with Gasteiger partial charge in [-0.3, -0.25) is 5.41 Å². The van der Waals surface area contributed by atoms with E-state index in [2.05, 4.69) is 15.3 Å². The van der Waals surface area contributed by atoms with Crippen LogP contribution in [0.3, 0.4) is 0 Å². The molecule has 25 heavy (non-hydrogen) atoms. The fraction of sp³-hybridized carbons (Fsp3) is 0.105. The van der Waals surface area contributed by atoms with Crippen molar-refractivity contribution >= 4 is 34.0 Å². The Balaban J connectivity index is 1.85. The zero-order chi connectivity index (χ0) is 17.2. The third kappa shape index (κ3) is 2.92. The minimum absolute atomic E-state index is 0.474. The molecule has 0 bridgehead atoms. The van der Waals surface area contributed by atoms with Gasteiger partial charge in [0.2, 0.25) is 5.95 Å². The quantitative estimate of drug-likeness (QED) is 0.575. The zero-order valence-electron chi connectivity index (χ0n) is 13.7. The first kappa shape index (κ1) is 15.5. The predicted octanol–water partition coefficient (Wildman–Crippen LogP) is 4.40. The lowest BCUT2D eigenvalue weighted by Crippen LogP contribution is -2.22. The van der Waals surface area contributed by atoms with Crippen molar-refractivity contribution in [3.8, 4) is 10.4 Å². The monoisotopic (exact) mass is 347 g/mol. The molecule has 0 spiro atoms. The number of thiophene rings is 1. The summed E-state index contributed by atoms with van der Waals surface area (Å²) in [5.41, 5.74) is 3.09. The van der Waals surface area contributed by atoms with Crippen LogP contribution in [0.1, 0.15) is 6.92 Å². The Morgan fingerprint density at radius 3 is 2.72 bits per heavy atom. The van der Waals surface area contributed by atoms with Crippen LogP contribution >= 0.6 is 11.3 Å². The number of anilines is 2. The van der Waals surface area contributed by atoms with Crippen molar-refractivity contribution in [2.45, 2.75) is 13.5 Å². The van der Waals surface area contributed by atoms with Crippen LogP contribution in [0.5, 0.6) is 0 Å². The second-order valence-corrected chi connectivity index (χ2v) is 6.54. The van der Waals surface area contributed by atoms with E-state index in [0.29, 0.717) is 18.0 Å². The van der Waals surface area contributed by atoms with E-state index in [1.54, 1.807) is 11.3 Å². The first-order chi connectivity index (χ1) is 12.3. The Morgan fingerprint density at radius 2 is 2.00 bits per heavy atom. The standard InChI is InChI=1S/C19H17N5S/c1-2-24-17(20)15(16-9-6-10-25-16)11-13-12-21-19(23-18(13)24)22-14-7-4-3-5-8-14/h3-12,20H,2H2,1H3,(H,21,22,23). The summed E-state index contributed by atoms with van der Waals surface area (Å²) < 4.78 is 1.92. The normalized spacial score (nSPS) is 10.9. The number of benzene rings is 1. The van der Waals surface area contributed by atoms with Crippen LogP contribution in [0.25, 0.3) is 21.5 Å². The highest BCUT2D eigenvalue weighted by Gasteiger charge is 2.11. The number of pyridine rings is 1. The second kappa shape index (κ2) is 6.49. The summed E-state index contributed by atoms with van der Waals surface area (Å²) >= 11 is 1.64. The smallest absolute Gasteiger partial charge is 0.229 e. The van der Waals surface area contributed by atoms with Crippen LogP contribution in [0.2, 0.25) is 0 Å². The van der Waals surface area contributed by atoms with Crippen LogP contribution in [0, 0.1) is 5.41 Å². The molecule has 0 unspecified atom stereocenters. The highest BCUT2D eigenvalue weighted by Crippen LogP contribution is 2.25. The number of hydrogen-bond donors (Lipinski definition) is 2. The fourth-order valence-electron chi connectivity index (χ4n) is 2.81. The first-order valence-corrected chi connectivity index (χ1v) is 8.95. The average molecular weight is 347 g/mol. The molecule has 0 aliphatic heterocycles. The van der Waals surface area contributed by atoms with Gasteiger partial charge in [0.15, 0.2) is 0 Å². The van der Waals surface area contributed by atoms with Crippen LogP contribution in [0.4, 0.5) is 11.6 Å². The van der Waals surface area contributed by atoms with Crippen molar-refractivity contribution in [2.24, 2.45) is 0 Å². The minimum atomic E-state index is 0.474. The molecule has 4 aromatic rings. The van der Waals surface area contributed by atoms with E-state index in [0.717, 1.165) is 27.2 Å². The number of hydrogen-bond acceptors (Lipinski definition) is 5. The Kier molecular flexibility index (Phi) is 4.03. The molecular formula is C19H17N5S. The van der Waals surface area contributed by atoms with Crippen molar-refractivity contribution in [2.75, 3.05) is 5.32 Å². The molecule has 5 nitrogen and oxygen atoms in total. The number of para-hydroxylation sites is 1. The Morgan fingerprint density at radius 1 is 1.16 bits per heavy atom. The summed E-state index contributed by atoms with van der Waals surface area (Å²) in [6.45, 7) is 2.71. The molecule has 0 saturated carbocycles. The molecule has 4 rings (SSSR count). The van der Waals surface area contributed by atoms with E-state index in [-0.39, 0.29) is 0 Å². The van der Waals surface area contributed by atoms with Crippen molar-refractivity contribution < 1.29 is 0 Å². The van der Waals surface area contributed by atoms with E-state index in [1.165, 1.54) is 0 Å². The largest absolute Gasteiger partial charge is 0.324 e. The van der Waals surface area contributed by atoms with Crippen molar-refractivity contribution in [1.82, 2.24) is 14.5 Å². The van der Waals surface area contributed by atoms with Gasteiger partial charge < -0.3 is 9.88 Å². The third-order valence-corrected chi connectivity index (χ3v) is 4.91. The van der Waals surface area contributed by atoms with Gasteiger partial charge in [-0.1, -0.05) is 24.3 Å². The summed E-state index contributed by atoms with van der Waals surface area (Å²) in [6.07, 6.45) is 1.82.